The summed E-state index contributed by atoms with van der Waals surface area (Å²) in [6.07, 6.45) is 0. The molecule has 0 aliphatic heterocycles. The van der Waals surface area contributed by atoms with E-state index in [4.69, 9.17) is 4.42 Å². The maximum absolute atomic E-state index is 12.0. The molecule has 2 aromatic carbocycles. The fraction of sp³-hybridized carbons (Fsp3) is 0. The number of hydrogen-bond acceptors (Lipinski definition) is 3. The topological polar surface area (TPSA) is 47.3 Å². The number of ketones is 2. The highest BCUT2D eigenvalue weighted by Crippen LogP contribution is 2.19. The van der Waals surface area contributed by atoms with E-state index in [0.29, 0.717) is 11.1 Å². The molecule has 0 unspecified atom stereocenters. The molecule has 3 heteroatoms. The van der Waals surface area contributed by atoms with Crippen LogP contribution in [0.4, 0.5) is 0 Å². The van der Waals surface area contributed by atoms with E-state index < -0.39 is 11.6 Å². The third-order valence-corrected chi connectivity index (χ3v) is 2.95. The zero-order valence-corrected chi connectivity index (χ0v) is 11.0. The lowest BCUT2D eigenvalue weighted by molar-refractivity contribution is -0.110. The van der Waals surface area contributed by atoms with Crippen molar-refractivity contribution in [1.82, 2.24) is 0 Å². The first-order valence-corrected chi connectivity index (χ1v) is 6.38. The summed E-state index contributed by atoms with van der Waals surface area (Å²) in [5, 5.41) is 0.782. The lowest BCUT2D eigenvalue weighted by Gasteiger charge is -1.89. The lowest BCUT2D eigenvalue weighted by Crippen LogP contribution is -2.10. The van der Waals surface area contributed by atoms with Gasteiger partial charge in [0.1, 0.15) is 5.58 Å². The van der Waals surface area contributed by atoms with Gasteiger partial charge in [0.25, 0.3) is 11.6 Å². The van der Waals surface area contributed by atoms with Gasteiger partial charge in [-0.05, 0) is 30.2 Å². The van der Waals surface area contributed by atoms with Crippen LogP contribution in [0, 0.1) is 11.8 Å². The van der Waals surface area contributed by atoms with E-state index in [9.17, 15) is 9.59 Å². The second-order valence-corrected chi connectivity index (χ2v) is 4.42. The average molecular weight is 274 g/mol. The largest absolute Gasteiger partial charge is 0.452 e. The molecule has 0 aliphatic carbocycles. The van der Waals surface area contributed by atoms with Crippen LogP contribution in [-0.4, -0.2) is 11.6 Å². The van der Waals surface area contributed by atoms with Crippen molar-refractivity contribution in [3.63, 3.8) is 0 Å². The quantitative estimate of drug-likeness (QED) is 0.409. The predicted molar refractivity (Wildman–Crippen MR) is 78.9 cm³/mol. The Morgan fingerprint density at radius 3 is 2.38 bits per heavy atom. The lowest BCUT2D eigenvalue weighted by atomic mass is 10.1. The van der Waals surface area contributed by atoms with Crippen LogP contribution in [-0.2, 0) is 4.79 Å². The second kappa shape index (κ2) is 5.48. The Labute approximate surface area is 121 Å². The number of Topliss-reactive ketones (excluding diaryl/α,β-unsaturated/α-hetero) is 2. The van der Waals surface area contributed by atoms with Crippen LogP contribution in [0.15, 0.2) is 65.1 Å². The molecule has 0 saturated heterocycles. The highest BCUT2D eigenvalue weighted by molar-refractivity contribution is 6.49. The maximum Gasteiger partial charge on any atom is 0.280 e. The smallest absolute Gasteiger partial charge is 0.280 e. The maximum atomic E-state index is 12.0. The summed E-state index contributed by atoms with van der Waals surface area (Å²) < 4.78 is 5.36. The minimum atomic E-state index is -0.780. The van der Waals surface area contributed by atoms with Gasteiger partial charge in [-0.15, -0.1) is 0 Å². The summed E-state index contributed by atoms with van der Waals surface area (Å²) in [6.45, 7) is 0. The van der Waals surface area contributed by atoms with Gasteiger partial charge < -0.3 is 4.42 Å². The zero-order valence-electron chi connectivity index (χ0n) is 11.0. The molecule has 1 aromatic heterocycles. The molecule has 0 bridgehead atoms. The van der Waals surface area contributed by atoms with Crippen LogP contribution >= 0.6 is 0 Å². The van der Waals surface area contributed by atoms with E-state index in [1.807, 2.05) is 30.3 Å². The Bertz CT molecular complexity index is 844. The molecule has 0 spiro atoms. The molecular formula is C18H10O3. The molecule has 0 saturated carbocycles. The standard InChI is InChI=1S/C18H10O3/c19-15(11-10-13-6-2-1-3-7-13)18(20)17-12-14-8-4-5-9-16(14)21-17/h1-9,12H. The number of fused-ring (bicyclic) bond motifs is 1. The van der Waals surface area contributed by atoms with Crippen molar-refractivity contribution in [3.8, 4) is 11.8 Å². The molecule has 0 fully saturated rings. The van der Waals surface area contributed by atoms with Crippen LogP contribution in [0.2, 0.25) is 0 Å². The third kappa shape index (κ3) is 2.75. The number of furan rings is 1. The summed E-state index contributed by atoms with van der Waals surface area (Å²) in [5.41, 5.74) is 1.26. The van der Waals surface area contributed by atoms with Gasteiger partial charge in [-0.1, -0.05) is 42.3 Å². The van der Waals surface area contributed by atoms with Gasteiger partial charge >= 0.3 is 0 Å². The van der Waals surface area contributed by atoms with Gasteiger partial charge in [-0.25, -0.2) is 0 Å². The summed E-state index contributed by atoms with van der Waals surface area (Å²) in [5.74, 6) is 3.52. The predicted octanol–water partition coefficient (Wildman–Crippen LogP) is 3.24. The van der Waals surface area contributed by atoms with Crippen LogP contribution in [0.3, 0.4) is 0 Å². The van der Waals surface area contributed by atoms with Crippen LogP contribution in [0.1, 0.15) is 16.1 Å². The van der Waals surface area contributed by atoms with Crippen LogP contribution in [0.5, 0.6) is 0 Å². The Hall–Kier alpha value is -3.12. The van der Waals surface area contributed by atoms with Crippen molar-refractivity contribution in [2.75, 3.05) is 0 Å². The van der Waals surface area contributed by atoms with Gasteiger partial charge in [-0.2, -0.15) is 0 Å². The van der Waals surface area contributed by atoms with Crippen molar-refractivity contribution in [3.05, 3.63) is 72.0 Å². The Balaban J connectivity index is 1.85. The van der Waals surface area contributed by atoms with E-state index in [1.165, 1.54) is 0 Å². The number of benzene rings is 2. The van der Waals surface area contributed by atoms with Crippen molar-refractivity contribution in [2.45, 2.75) is 0 Å². The molecule has 3 aromatic rings. The second-order valence-electron chi connectivity index (χ2n) is 4.42. The Kier molecular flexibility index (Phi) is 3.36. The van der Waals surface area contributed by atoms with Gasteiger partial charge in [0.05, 0.1) is 0 Å². The first-order chi connectivity index (χ1) is 10.2. The molecule has 3 nitrogen and oxygen atoms in total. The molecule has 3 rings (SSSR count). The molecular weight excluding hydrogens is 264 g/mol. The highest BCUT2D eigenvalue weighted by Gasteiger charge is 2.18. The van der Waals surface area contributed by atoms with Crippen LogP contribution < -0.4 is 0 Å². The number of carbonyl (C=O) groups excluding carboxylic acids is 2. The van der Waals surface area contributed by atoms with Gasteiger partial charge in [-0.3, -0.25) is 9.59 Å². The minimum absolute atomic E-state index is 0.0172. The average Bonchev–Trinajstić information content (AvgIpc) is 2.97. The SMILES string of the molecule is O=C(C#Cc1ccccc1)C(=O)c1cc2ccccc2o1. The van der Waals surface area contributed by atoms with E-state index >= 15 is 0 Å². The molecule has 0 N–H and O–H groups in total. The fourth-order valence-electron chi connectivity index (χ4n) is 1.91. The first kappa shape index (κ1) is 12.9. The molecule has 0 amide bonds. The fourth-order valence-corrected chi connectivity index (χ4v) is 1.91. The van der Waals surface area contributed by atoms with E-state index in [2.05, 4.69) is 11.8 Å². The summed E-state index contributed by atoms with van der Waals surface area (Å²) >= 11 is 0. The summed E-state index contributed by atoms with van der Waals surface area (Å²) in [4.78, 5) is 23.8. The van der Waals surface area contributed by atoms with E-state index in [0.717, 1.165) is 5.39 Å². The number of rotatable bonds is 2. The van der Waals surface area contributed by atoms with Gasteiger partial charge in [0.15, 0.2) is 5.76 Å². The number of para-hydroxylation sites is 1. The molecule has 0 atom stereocenters. The monoisotopic (exact) mass is 274 g/mol. The first-order valence-electron chi connectivity index (χ1n) is 6.38. The van der Waals surface area contributed by atoms with Crippen LogP contribution in [0.25, 0.3) is 11.0 Å². The molecule has 21 heavy (non-hydrogen) atoms. The van der Waals surface area contributed by atoms with Gasteiger partial charge in [0, 0.05) is 10.9 Å². The third-order valence-electron chi connectivity index (χ3n) is 2.95. The van der Waals surface area contributed by atoms with E-state index in [-0.39, 0.29) is 5.76 Å². The minimum Gasteiger partial charge on any atom is -0.452 e. The number of hydrogen-bond donors (Lipinski definition) is 0. The van der Waals surface area contributed by atoms with E-state index in [1.54, 1.807) is 30.3 Å². The Morgan fingerprint density at radius 2 is 1.62 bits per heavy atom. The molecule has 0 radical (unpaired) electrons. The Morgan fingerprint density at radius 1 is 0.905 bits per heavy atom. The summed E-state index contributed by atoms with van der Waals surface area (Å²) in [6, 6.07) is 17.8. The van der Waals surface area contributed by atoms with Crippen molar-refractivity contribution in [2.24, 2.45) is 0 Å². The van der Waals surface area contributed by atoms with Crippen molar-refractivity contribution >= 4 is 22.5 Å². The zero-order chi connectivity index (χ0) is 14.7. The van der Waals surface area contributed by atoms with Crippen molar-refractivity contribution in [1.29, 1.82) is 0 Å². The normalized spacial score (nSPS) is 9.90. The van der Waals surface area contributed by atoms with Crippen molar-refractivity contribution < 1.29 is 14.0 Å². The highest BCUT2D eigenvalue weighted by atomic mass is 16.3. The molecule has 1 heterocycles. The van der Waals surface area contributed by atoms with Gasteiger partial charge in [0.2, 0.25) is 0 Å². The molecule has 100 valence electrons. The molecule has 0 aliphatic rings. The number of carbonyl (C=O) groups is 2. The summed E-state index contributed by atoms with van der Waals surface area (Å²) in [7, 11) is 0.